The summed E-state index contributed by atoms with van der Waals surface area (Å²) in [6.07, 6.45) is 4.85. The maximum absolute atomic E-state index is 10.5. The maximum Gasteiger partial charge on any atom is 0.209 e. The van der Waals surface area contributed by atoms with E-state index in [1.54, 1.807) is 0 Å². The highest BCUT2D eigenvalue weighted by molar-refractivity contribution is 5.47. The molecule has 0 radical (unpaired) electrons. The first kappa shape index (κ1) is 8.05. The fourth-order valence-corrected chi connectivity index (χ4v) is 2.27. The van der Waals surface area contributed by atoms with Gasteiger partial charge in [0.1, 0.15) is 0 Å². The molecule has 68 valence electrons. The predicted molar refractivity (Wildman–Crippen MR) is 46.8 cm³/mol. The molecule has 0 unspecified atom stereocenters. The van der Waals surface area contributed by atoms with Gasteiger partial charge in [0.05, 0.1) is 0 Å². The third-order valence-electron chi connectivity index (χ3n) is 3.00. The topological polar surface area (TPSA) is 23.6 Å². The zero-order valence-electron chi connectivity index (χ0n) is 7.41. The quantitative estimate of drug-likeness (QED) is 0.554. The molecule has 2 saturated heterocycles. The van der Waals surface area contributed by atoms with Gasteiger partial charge in [0.15, 0.2) is 0 Å². The SMILES string of the molecule is O=CN1CC[C@H](N2CCCC2)C1. The molecule has 2 rings (SSSR count). The molecular formula is C9H16N2O. The lowest BCUT2D eigenvalue weighted by molar-refractivity contribution is -0.117. The highest BCUT2D eigenvalue weighted by Crippen LogP contribution is 2.19. The number of carbonyl (C=O) groups is 1. The second kappa shape index (κ2) is 3.44. The van der Waals surface area contributed by atoms with Crippen molar-refractivity contribution in [2.75, 3.05) is 26.2 Å². The number of nitrogens with zero attached hydrogens (tertiary/aromatic N) is 2. The third kappa shape index (κ3) is 1.46. The van der Waals surface area contributed by atoms with E-state index in [1.165, 1.54) is 32.4 Å². The van der Waals surface area contributed by atoms with Crippen LogP contribution in [0.3, 0.4) is 0 Å². The summed E-state index contributed by atoms with van der Waals surface area (Å²) in [5, 5.41) is 0. The first-order valence-electron chi connectivity index (χ1n) is 4.83. The minimum atomic E-state index is 0.665. The molecule has 3 nitrogen and oxygen atoms in total. The van der Waals surface area contributed by atoms with E-state index in [2.05, 4.69) is 4.90 Å². The van der Waals surface area contributed by atoms with Gasteiger partial charge < -0.3 is 4.90 Å². The van der Waals surface area contributed by atoms with Gasteiger partial charge in [0, 0.05) is 19.1 Å². The van der Waals surface area contributed by atoms with Crippen molar-refractivity contribution in [2.24, 2.45) is 0 Å². The van der Waals surface area contributed by atoms with E-state index < -0.39 is 0 Å². The van der Waals surface area contributed by atoms with Crippen molar-refractivity contribution < 1.29 is 4.79 Å². The van der Waals surface area contributed by atoms with Crippen LogP contribution >= 0.6 is 0 Å². The monoisotopic (exact) mass is 168 g/mol. The summed E-state index contributed by atoms with van der Waals surface area (Å²) < 4.78 is 0. The van der Waals surface area contributed by atoms with Crippen LogP contribution in [-0.2, 0) is 4.79 Å². The largest absolute Gasteiger partial charge is 0.344 e. The first-order chi connectivity index (χ1) is 5.90. The summed E-state index contributed by atoms with van der Waals surface area (Å²) >= 11 is 0. The fourth-order valence-electron chi connectivity index (χ4n) is 2.27. The van der Waals surface area contributed by atoms with E-state index in [4.69, 9.17) is 0 Å². The number of carbonyl (C=O) groups excluding carboxylic acids is 1. The molecule has 0 spiro atoms. The van der Waals surface area contributed by atoms with Crippen molar-refractivity contribution in [3.63, 3.8) is 0 Å². The number of hydrogen-bond donors (Lipinski definition) is 0. The Morgan fingerprint density at radius 1 is 1.17 bits per heavy atom. The first-order valence-corrected chi connectivity index (χ1v) is 4.83. The van der Waals surface area contributed by atoms with E-state index in [9.17, 15) is 4.79 Å². The van der Waals surface area contributed by atoms with Gasteiger partial charge in [0.2, 0.25) is 6.41 Å². The Bertz CT molecular complexity index is 166. The van der Waals surface area contributed by atoms with Crippen LogP contribution in [0.2, 0.25) is 0 Å². The Morgan fingerprint density at radius 3 is 2.50 bits per heavy atom. The number of hydrogen-bond acceptors (Lipinski definition) is 2. The van der Waals surface area contributed by atoms with Gasteiger partial charge in [-0.25, -0.2) is 0 Å². The van der Waals surface area contributed by atoms with Crippen LogP contribution in [-0.4, -0.2) is 48.4 Å². The van der Waals surface area contributed by atoms with Crippen LogP contribution in [0.15, 0.2) is 0 Å². The Labute approximate surface area is 73.3 Å². The number of likely N-dealkylation sites (tertiary alicyclic amines) is 2. The molecule has 0 aromatic rings. The Balaban J connectivity index is 1.85. The third-order valence-corrected chi connectivity index (χ3v) is 3.00. The van der Waals surface area contributed by atoms with Crippen LogP contribution in [0.1, 0.15) is 19.3 Å². The fraction of sp³-hybridized carbons (Fsp3) is 0.889. The molecule has 12 heavy (non-hydrogen) atoms. The average Bonchev–Trinajstić information content (AvgIpc) is 2.75. The molecule has 3 heteroatoms. The Hall–Kier alpha value is -0.570. The molecule has 0 N–H and O–H groups in total. The van der Waals surface area contributed by atoms with E-state index in [-0.39, 0.29) is 0 Å². The van der Waals surface area contributed by atoms with Crippen molar-refractivity contribution in [1.82, 2.24) is 9.80 Å². The van der Waals surface area contributed by atoms with Gasteiger partial charge in [-0.1, -0.05) is 0 Å². The Morgan fingerprint density at radius 2 is 1.92 bits per heavy atom. The summed E-state index contributed by atoms with van der Waals surface area (Å²) in [6, 6.07) is 0.665. The molecular weight excluding hydrogens is 152 g/mol. The predicted octanol–water partition coefficient (Wildman–Crippen LogP) is 0.313. The summed E-state index contributed by atoms with van der Waals surface area (Å²) in [5.74, 6) is 0. The molecule has 2 heterocycles. The van der Waals surface area contributed by atoms with Crippen LogP contribution in [0.25, 0.3) is 0 Å². The molecule has 1 atom stereocenters. The molecule has 0 aromatic heterocycles. The maximum atomic E-state index is 10.5. The lowest BCUT2D eigenvalue weighted by atomic mass is 10.2. The van der Waals surface area contributed by atoms with Crippen molar-refractivity contribution in [3.05, 3.63) is 0 Å². The van der Waals surface area contributed by atoms with E-state index in [1.807, 2.05) is 4.90 Å². The average molecular weight is 168 g/mol. The number of rotatable bonds is 2. The summed E-state index contributed by atoms with van der Waals surface area (Å²) in [5.41, 5.74) is 0. The summed E-state index contributed by atoms with van der Waals surface area (Å²) in [7, 11) is 0. The molecule has 2 aliphatic heterocycles. The zero-order valence-corrected chi connectivity index (χ0v) is 7.41. The van der Waals surface area contributed by atoms with E-state index in [0.717, 1.165) is 19.5 Å². The normalized spacial score (nSPS) is 31.3. The lowest BCUT2D eigenvalue weighted by Crippen LogP contribution is -2.34. The van der Waals surface area contributed by atoms with Crippen molar-refractivity contribution in [2.45, 2.75) is 25.3 Å². The molecule has 1 amide bonds. The minimum Gasteiger partial charge on any atom is -0.344 e. The smallest absolute Gasteiger partial charge is 0.209 e. The lowest BCUT2D eigenvalue weighted by Gasteiger charge is -2.22. The standard InChI is InChI=1S/C9H16N2O/c12-8-10-6-3-9(7-10)11-4-1-2-5-11/h8-9H,1-7H2/t9-/m0/s1. The molecule has 0 bridgehead atoms. The van der Waals surface area contributed by atoms with Gasteiger partial charge in [-0.2, -0.15) is 0 Å². The highest BCUT2D eigenvalue weighted by atomic mass is 16.1. The van der Waals surface area contributed by atoms with Crippen LogP contribution in [0, 0.1) is 0 Å². The minimum absolute atomic E-state index is 0.665. The van der Waals surface area contributed by atoms with Crippen LogP contribution < -0.4 is 0 Å². The molecule has 0 saturated carbocycles. The van der Waals surface area contributed by atoms with Gasteiger partial charge in [0.25, 0.3) is 0 Å². The van der Waals surface area contributed by atoms with Gasteiger partial charge in [-0.3, -0.25) is 9.69 Å². The van der Waals surface area contributed by atoms with E-state index in [0.29, 0.717) is 6.04 Å². The van der Waals surface area contributed by atoms with Crippen LogP contribution in [0.4, 0.5) is 0 Å². The molecule has 2 aliphatic rings. The van der Waals surface area contributed by atoms with E-state index >= 15 is 0 Å². The van der Waals surface area contributed by atoms with Gasteiger partial charge in [-0.15, -0.1) is 0 Å². The Kier molecular flexibility index (Phi) is 2.30. The highest BCUT2D eigenvalue weighted by Gasteiger charge is 2.28. The van der Waals surface area contributed by atoms with Crippen molar-refractivity contribution in [3.8, 4) is 0 Å². The summed E-state index contributed by atoms with van der Waals surface area (Å²) in [4.78, 5) is 14.9. The van der Waals surface area contributed by atoms with Crippen LogP contribution in [0.5, 0.6) is 0 Å². The van der Waals surface area contributed by atoms with Gasteiger partial charge in [-0.05, 0) is 32.4 Å². The molecule has 0 aromatic carbocycles. The summed E-state index contributed by atoms with van der Waals surface area (Å²) in [6.45, 7) is 4.42. The van der Waals surface area contributed by atoms with Crippen molar-refractivity contribution in [1.29, 1.82) is 0 Å². The number of amides is 1. The van der Waals surface area contributed by atoms with Gasteiger partial charge >= 0.3 is 0 Å². The second-order valence-corrected chi connectivity index (χ2v) is 3.79. The molecule has 0 aliphatic carbocycles. The second-order valence-electron chi connectivity index (χ2n) is 3.79. The molecule has 2 fully saturated rings. The zero-order chi connectivity index (χ0) is 8.39. The van der Waals surface area contributed by atoms with Crippen molar-refractivity contribution >= 4 is 6.41 Å².